The van der Waals surface area contributed by atoms with E-state index in [2.05, 4.69) is 21.2 Å². The summed E-state index contributed by atoms with van der Waals surface area (Å²) in [6.07, 6.45) is 1.07. The number of benzene rings is 1. The molecule has 1 aromatic rings. The highest BCUT2D eigenvalue weighted by molar-refractivity contribution is 9.10. The van der Waals surface area contributed by atoms with Crippen LogP contribution in [-0.2, 0) is 0 Å². The van der Waals surface area contributed by atoms with Gasteiger partial charge in [0.2, 0.25) is 0 Å². The van der Waals surface area contributed by atoms with Crippen molar-refractivity contribution in [3.05, 3.63) is 33.8 Å². The minimum atomic E-state index is -1.07. The van der Waals surface area contributed by atoms with Gasteiger partial charge in [0.05, 0.1) is 5.56 Å². The van der Waals surface area contributed by atoms with Gasteiger partial charge in [-0.05, 0) is 40.9 Å². The second-order valence-electron chi connectivity index (χ2n) is 3.84. The van der Waals surface area contributed by atoms with E-state index in [4.69, 9.17) is 5.11 Å². The number of amides is 1. The Bertz CT molecular complexity index is 440. The molecule has 18 heavy (non-hydrogen) atoms. The van der Waals surface area contributed by atoms with Crippen LogP contribution in [0.1, 0.15) is 30.1 Å². The quantitative estimate of drug-likeness (QED) is 0.819. The van der Waals surface area contributed by atoms with Gasteiger partial charge in [-0.25, -0.2) is 8.78 Å². The fraction of sp³-hybridized carbons (Fsp3) is 0.417. The Morgan fingerprint density at radius 2 is 2.06 bits per heavy atom. The molecule has 0 aliphatic rings. The molecule has 0 fully saturated rings. The molecule has 1 rings (SSSR count). The number of aliphatic hydroxyl groups excluding tert-OH is 1. The molecule has 2 N–H and O–H groups in total. The summed E-state index contributed by atoms with van der Waals surface area (Å²) in [5.41, 5.74) is 0.0327. The largest absolute Gasteiger partial charge is 0.396 e. The number of hydrogen-bond acceptors (Lipinski definition) is 2. The molecule has 0 aliphatic heterocycles. The first-order valence-corrected chi connectivity index (χ1v) is 6.35. The van der Waals surface area contributed by atoms with Crippen LogP contribution >= 0.6 is 15.9 Å². The molecule has 1 aromatic carbocycles. The predicted molar refractivity (Wildman–Crippen MR) is 67.3 cm³/mol. The molecule has 3 nitrogen and oxygen atoms in total. The van der Waals surface area contributed by atoms with Gasteiger partial charge in [-0.15, -0.1) is 0 Å². The maximum Gasteiger partial charge on any atom is 0.252 e. The molecule has 6 heteroatoms. The molecule has 0 aliphatic carbocycles. The average Bonchev–Trinajstić information content (AvgIpc) is 2.33. The molecule has 0 bridgehead atoms. The van der Waals surface area contributed by atoms with E-state index >= 15 is 0 Å². The number of halogens is 3. The smallest absolute Gasteiger partial charge is 0.252 e. The van der Waals surface area contributed by atoms with Crippen molar-refractivity contribution in [2.75, 3.05) is 6.61 Å². The van der Waals surface area contributed by atoms with E-state index in [1.807, 2.05) is 6.92 Å². The third-order valence-corrected chi connectivity index (χ3v) is 3.22. The van der Waals surface area contributed by atoms with E-state index in [0.29, 0.717) is 12.8 Å². The van der Waals surface area contributed by atoms with E-state index in [0.717, 1.165) is 12.1 Å². The van der Waals surface area contributed by atoms with Crippen molar-refractivity contribution >= 4 is 21.8 Å². The maximum absolute atomic E-state index is 13.1. The van der Waals surface area contributed by atoms with Gasteiger partial charge in [0.1, 0.15) is 0 Å². The first-order valence-electron chi connectivity index (χ1n) is 5.55. The Balaban J connectivity index is 2.87. The standard InChI is InChI=1S/C12H14BrF2NO2/c1-2-7(3-4-17)16-12(18)8-5-10(14)11(15)6-9(8)13/h5-7,17H,2-4H2,1H3,(H,16,18). The minimum Gasteiger partial charge on any atom is -0.396 e. The summed E-state index contributed by atoms with van der Waals surface area (Å²) < 4.78 is 26.2. The molecule has 100 valence electrons. The fourth-order valence-corrected chi connectivity index (χ4v) is 1.99. The van der Waals surface area contributed by atoms with Gasteiger partial charge in [0.15, 0.2) is 11.6 Å². The van der Waals surface area contributed by atoms with E-state index in [9.17, 15) is 13.6 Å². The van der Waals surface area contributed by atoms with Crippen LogP contribution in [0.4, 0.5) is 8.78 Å². The first kappa shape index (κ1) is 15.0. The summed E-state index contributed by atoms with van der Waals surface area (Å²) >= 11 is 3.02. The minimum absolute atomic E-state index is 0.0327. The molecule has 0 radical (unpaired) electrons. The number of carbonyl (C=O) groups is 1. The van der Waals surface area contributed by atoms with Crippen LogP contribution in [0.5, 0.6) is 0 Å². The van der Waals surface area contributed by atoms with Crippen molar-refractivity contribution < 1.29 is 18.7 Å². The predicted octanol–water partition coefficient (Wildman–Crippen LogP) is 2.62. The third kappa shape index (κ3) is 3.74. The SMILES string of the molecule is CCC(CCO)NC(=O)c1cc(F)c(F)cc1Br. The summed E-state index contributed by atoms with van der Waals surface area (Å²) in [5.74, 6) is -2.58. The summed E-state index contributed by atoms with van der Waals surface area (Å²) in [6.45, 7) is 1.82. The topological polar surface area (TPSA) is 49.3 Å². The normalized spacial score (nSPS) is 12.3. The Kier molecular flexibility index (Phi) is 5.68. The lowest BCUT2D eigenvalue weighted by molar-refractivity contribution is 0.0927. The zero-order valence-corrected chi connectivity index (χ0v) is 11.4. The van der Waals surface area contributed by atoms with Crippen molar-refractivity contribution in [2.45, 2.75) is 25.8 Å². The van der Waals surface area contributed by atoms with Crippen molar-refractivity contribution in [1.82, 2.24) is 5.32 Å². The second-order valence-corrected chi connectivity index (χ2v) is 4.69. The molecule has 0 spiro atoms. The van der Waals surface area contributed by atoms with E-state index in [1.165, 1.54) is 0 Å². The van der Waals surface area contributed by atoms with Crippen LogP contribution < -0.4 is 5.32 Å². The van der Waals surface area contributed by atoms with Crippen molar-refractivity contribution in [1.29, 1.82) is 0 Å². The number of rotatable bonds is 5. The van der Waals surface area contributed by atoms with Crippen LogP contribution in [0.2, 0.25) is 0 Å². The van der Waals surface area contributed by atoms with E-state index in [-0.39, 0.29) is 22.7 Å². The highest BCUT2D eigenvalue weighted by Crippen LogP contribution is 2.20. The summed E-state index contributed by atoms with van der Waals surface area (Å²) in [4.78, 5) is 11.9. The molecular formula is C12H14BrF2NO2. The molecular weight excluding hydrogens is 308 g/mol. The molecule has 0 saturated heterocycles. The third-order valence-electron chi connectivity index (χ3n) is 2.56. The Labute approximate surface area is 112 Å². The average molecular weight is 322 g/mol. The monoisotopic (exact) mass is 321 g/mol. The maximum atomic E-state index is 13.1. The lowest BCUT2D eigenvalue weighted by Gasteiger charge is -2.16. The van der Waals surface area contributed by atoms with Crippen LogP contribution in [0.3, 0.4) is 0 Å². The van der Waals surface area contributed by atoms with Crippen molar-refractivity contribution in [2.24, 2.45) is 0 Å². The lowest BCUT2D eigenvalue weighted by atomic mass is 10.1. The number of aliphatic hydroxyl groups is 1. The zero-order chi connectivity index (χ0) is 13.7. The first-order chi connectivity index (χ1) is 8.49. The Morgan fingerprint density at radius 3 is 2.61 bits per heavy atom. The molecule has 1 unspecified atom stereocenters. The van der Waals surface area contributed by atoms with Gasteiger partial charge in [-0.3, -0.25) is 4.79 Å². The van der Waals surface area contributed by atoms with Gasteiger partial charge in [-0.2, -0.15) is 0 Å². The van der Waals surface area contributed by atoms with Crippen LogP contribution in [0, 0.1) is 11.6 Å². The highest BCUT2D eigenvalue weighted by atomic mass is 79.9. The number of nitrogens with one attached hydrogen (secondary N) is 1. The van der Waals surface area contributed by atoms with Crippen LogP contribution in [-0.4, -0.2) is 23.7 Å². The van der Waals surface area contributed by atoms with Crippen LogP contribution in [0.25, 0.3) is 0 Å². The Hall–Kier alpha value is -1.01. The van der Waals surface area contributed by atoms with Gasteiger partial charge < -0.3 is 10.4 Å². The van der Waals surface area contributed by atoms with Crippen molar-refractivity contribution in [3.8, 4) is 0 Å². The lowest BCUT2D eigenvalue weighted by Crippen LogP contribution is -2.35. The second kappa shape index (κ2) is 6.80. The zero-order valence-electron chi connectivity index (χ0n) is 9.84. The van der Waals surface area contributed by atoms with Crippen molar-refractivity contribution in [3.63, 3.8) is 0 Å². The highest BCUT2D eigenvalue weighted by Gasteiger charge is 2.17. The summed E-state index contributed by atoms with van der Waals surface area (Å²) in [5, 5.41) is 11.5. The summed E-state index contributed by atoms with van der Waals surface area (Å²) in [6, 6.07) is 1.57. The fourth-order valence-electron chi connectivity index (χ4n) is 1.49. The van der Waals surface area contributed by atoms with Gasteiger partial charge in [0, 0.05) is 17.1 Å². The van der Waals surface area contributed by atoms with E-state index in [1.54, 1.807) is 0 Å². The molecule has 1 amide bonds. The molecule has 0 saturated carbocycles. The number of carbonyl (C=O) groups excluding carboxylic acids is 1. The summed E-state index contributed by atoms with van der Waals surface area (Å²) in [7, 11) is 0. The Morgan fingerprint density at radius 1 is 1.44 bits per heavy atom. The molecule has 0 heterocycles. The number of hydrogen-bond donors (Lipinski definition) is 2. The van der Waals surface area contributed by atoms with Gasteiger partial charge in [0.25, 0.3) is 5.91 Å². The van der Waals surface area contributed by atoms with Crippen LogP contribution in [0.15, 0.2) is 16.6 Å². The van der Waals surface area contributed by atoms with Gasteiger partial charge >= 0.3 is 0 Å². The molecule has 0 aromatic heterocycles. The molecule has 1 atom stereocenters. The van der Waals surface area contributed by atoms with Gasteiger partial charge in [-0.1, -0.05) is 6.92 Å². The van der Waals surface area contributed by atoms with E-state index < -0.39 is 17.5 Å².